The Morgan fingerprint density at radius 1 is 1.32 bits per heavy atom. The molecular weight excluding hydrogens is 236 g/mol. The molecule has 3 nitrogen and oxygen atoms in total. The molecule has 0 bridgehead atoms. The lowest BCUT2D eigenvalue weighted by atomic mass is 9.81. The SMILES string of the molecule is CC1CCC(CCc2cc(-c3ccco3)n[nH]2)CC1. The summed E-state index contributed by atoms with van der Waals surface area (Å²) < 4.78 is 5.36. The first kappa shape index (κ1) is 12.5. The van der Waals surface area contributed by atoms with Gasteiger partial charge in [-0.3, -0.25) is 5.10 Å². The Kier molecular flexibility index (Phi) is 3.72. The van der Waals surface area contributed by atoms with E-state index in [1.807, 2.05) is 12.1 Å². The second kappa shape index (κ2) is 5.64. The molecule has 2 aromatic rings. The van der Waals surface area contributed by atoms with Crippen molar-refractivity contribution in [3.63, 3.8) is 0 Å². The number of furan rings is 1. The van der Waals surface area contributed by atoms with Gasteiger partial charge in [0.25, 0.3) is 0 Å². The summed E-state index contributed by atoms with van der Waals surface area (Å²) in [4.78, 5) is 0. The van der Waals surface area contributed by atoms with Crippen LogP contribution in [0.4, 0.5) is 0 Å². The molecule has 0 saturated heterocycles. The van der Waals surface area contributed by atoms with Gasteiger partial charge in [0.05, 0.1) is 6.26 Å². The fourth-order valence-corrected chi connectivity index (χ4v) is 3.02. The molecule has 0 unspecified atom stereocenters. The number of hydrogen-bond acceptors (Lipinski definition) is 2. The number of H-pyrrole nitrogens is 1. The lowest BCUT2D eigenvalue weighted by Gasteiger charge is -2.25. The van der Waals surface area contributed by atoms with E-state index in [0.29, 0.717) is 0 Å². The number of aromatic nitrogens is 2. The van der Waals surface area contributed by atoms with Crippen molar-refractivity contribution in [2.75, 3.05) is 0 Å². The molecule has 1 aliphatic rings. The van der Waals surface area contributed by atoms with Crippen LogP contribution in [0, 0.1) is 11.8 Å². The smallest absolute Gasteiger partial charge is 0.154 e. The zero-order chi connectivity index (χ0) is 13.1. The summed E-state index contributed by atoms with van der Waals surface area (Å²) in [6, 6.07) is 5.96. The fraction of sp³-hybridized carbons (Fsp3) is 0.562. The van der Waals surface area contributed by atoms with Gasteiger partial charge in [-0.25, -0.2) is 0 Å². The van der Waals surface area contributed by atoms with E-state index in [4.69, 9.17) is 4.42 Å². The number of rotatable bonds is 4. The molecule has 3 heteroatoms. The van der Waals surface area contributed by atoms with E-state index in [1.54, 1.807) is 6.26 Å². The van der Waals surface area contributed by atoms with Gasteiger partial charge in [0.1, 0.15) is 5.69 Å². The Morgan fingerprint density at radius 3 is 2.89 bits per heavy atom. The third-order valence-corrected chi connectivity index (χ3v) is 4.36. The molecule has 0 amide bonds. The highest BCUT2D eigenvalue weighted by atomic mass is 16.3. The number of aromatic amines is 1. The van der Waals surface area contributed by atoms with Gasteiger partial charge in [0, 0.05) is 5.69 Å². The van der Waals surface area contributed by atoms with Crippen LogP contribution in [-0.4, -0.2) is 10.2 Å². The summed E-state index contributed by atoms with van der Waals surface area (Å²) >= 11 is 0. The van der Waals surface area contributed by atoms with E-state index in [-0.39, 0.29) is 0 Å². The standard InChI is InChI=1S/C16H22N2O/c1-12-4-6-13(7-5-12)8-9-14-11-15(18-17-14)16-3-2-10-19-16/h2-3,10-13H,4-9H2,1H3,(H,17,18). The van der Waals surface area contributed by atoms with Gasteiger partial charge in [-0.05, 0) is 42.9 Å². The number of nitrogens with one attached hydrogen (secondary N) is 1. The maximum Gasteiger partial charge on any atom is 0.154 e. The zero-order valence-corrected chi connectivity index (χ0v) is 11.6. The first-order valence-electron chi connectivity index (χ1n) is 7.39. The summed E-state index contributed by atoms with van der Waals surface area (Å²) in [5, 5.41) is 7.45. The van der Waals surface area contributed by atoms with Crippen LogP contribution in [0.3, 0.4) is 0 Å². The second-order valence-corrected chi connectivity index (χ2v) is 5.92. The van der Waals surface area contributed by atoms with E-state index in [1.165, 1.54) is 37.8 Å². The van der Waals surface area contributed by atoms with E-state index < -0.39 is 0 Å². The van der Waals surface area contributed by atoms with Crippen LogP contribution in [0.2, 0.25) is 0 Å². The largest absolute Gasteiger partial charge is 0.463 e. The van der Waals surface area contributed by atoms with Gasteiger partial charge in [-0.1, -0.05) is 32.6 Å². The van der Waals surface area contributed by atoms with Crippen molar-refractivity contribution < 1.29 is 4.42 Å². The zero-order valence-electron chi connectivity index (χ0n) is 11.6. The Labute approximate surface area is 114 Å². The van der Waals surface area contributed by atoms with Gasteiger partial charge in [-0.2, -0.15) is 5.10 Å². The van der Waals surface area contributed by atoms with E-state index in [0.717, 1.165) is 29.7 Å². The third-order valence-electron chi connectivity index (χ3n) is 4.36. The molecule has 0 atom stereocenters. The summed E-state index contributed by atoms with van der Waals surface area (Å²) in [5.41, 5.74) is 2.14. The van der Waals surface area contributed by atoms with Crippen LogP contribution in [0.25, 0.3) is 11.5 Å². The van der Waals surface area contributed by atoms with Crippen molar-refractivity contribution in [1.82, 2.24) is 10.2 Å². The highest BCUT2D eigenvalue weighted by Gasteiger charge is 2.18. The Morgan fingerprint density at radius 2 is 2.16 bits per heavy atom. The Bertz CT molecular complexity index is 493. The average Bonchev–Trinajstić information content (AvgIpc) is 3.09. The highest BCUT2D eigenvalue weighted by Crippen LogP contribution is 2.31. The van der Waals surface area contributed by atoms with Crippen LogP contribution in [0.1, 0.15) is 44.7 Å². The summed E-state index contributed by atoms with van der Waals surface area (Å²) in [6.45, 7) is 2.38. The van der Waals surface area contributed by atoms with Crippen molar-refractivity contribution >= 4 is 0 Å². The molecule has 1 fully saturated rings. The van der Waals surface area contributed by atoms with Gasteiger partial charge < -0.3 is 4.42 Å². The maximum absolute atomic E-state index is 5.36. The minimum Gasteiger partial charge on any atom is -0.463 e. The molecule has 102 valence electrons. The summed E-state index contributed by atoms with van der Waals surface area (Å²) in [5.74, 6) is 2.69. The normalized spacial score (nSPS) is 23.6. The molecule has 1 aliphatic carbocycles. The molecular formula is C16H22N2O. The maximum atomic E-state index is 5.36. The number of hydrogen-bond donors (Lipinski definition) is 1. The quantitative estimate of drug-likeness (QED) is 0.881. The van der Waals surface area contributed by atoms with Gasteiger partial charge >= 0.3 is 0 Å². The van der Waals surface area contributed by atoms with Crippen LogP contribution < -0.4 is 0 Å². The third kappa shape index (κ3) is 3.09. The average molecular weight is 258 g/mol. The molecule has 2 aromatic heterocycles. The number of nitrogens with zero attached hydrogens (tertiary/aromatic N) is 1. The minimum atomic E-state index is 0.842. The molecule has 0 spiro atoms. The van der Waals surface area contributed by atoms with Gasteiger partial charge in [0.15, 0.2) is 5.76 Å². The molecule has 1 N–H and O–H groups in total. The lowest BCUT2D eigenvalue weighted by Crippen LogP contribution is -2.12. The lowest BCUT2D eigenvalue weighted by molar-refractivity contribution is 0.277. The molecule has 0 radical (unpaired) electrons. The van der Waals surface area contributed by atoms with E-state index >= 15 is 0 Å². The predicted molar refractivity (Wildman–Crippen MR) is 75.7 cm³/mol. The van der Waals surface area contributed by atoms with Gasteiger partial charge in [0.2, 0.25) is 0 Å². The van der Waals surface area contributed by atoms with Crippen LogP contribution in [0.15, 0.2) is 28.9 Å². The molecule has 2 heterocycles. The van der Waals surface area contributed by atoms with E-state index in [2.05, 4.69) is 23.2 Å². The Balaban J connectivity index is 1.53. The summed E-state index contributed by atoms with van der Waals surface area (Å²) in [6.07, 6.45) is 9.70. The van der Waals surface area contributed by atoms with Crippen molar-refractivity contribution in [3.05, 3.63) is 30.2 Å². The van der Waals surface area contributed by atoms with Crippen molar-refractivity contribution in [1.29, 1.82) is 0 Å². The van der Waals surface area contributed by atoms with Crippen LogP contribution >= 0.6 is 0 Å². The minimum absolute atomic E-state index is 0.842. The first-order chi connectivity index (χ1) is 9.31. The predicted octanol–water partition coefficient (Wildman–Crippen LogP) is 4.43. The summed E-state index contributed by atoms with van der Waals surface area (Å²) in [7, 11) is 0. The van der Waals surface area contributed by atoms with E-state index in [9.17, 15) is 0 Å². The van der Waals surface area contributed by atoms with Gasteiger partial charge in [-0.15, -0.1) is 0 Å². The second-order valence-electron chi connectivity index (χ2n) is 5.92. The molecule has 0 aliphatic heterocycles. The monoisotopic (exact) mass is 258 g/mol. The topological polar surface area (TPSA) is 41.8 Å². The van der Waals surface area contributed by atoms with Crippen molar-refractivity contribution in [2.24, 2.45) is 11.8 Å². The Hall–Kier alpha value is -1.51. The molecule has 3 rings (SSSR count). The van der Waals surface area contributed by atoms with Crippen molar-refractivity contribution in [3.8, 4) is 11.5 Å². The number of aryl methyl sites for hydroxylation is 1. The molecule has 1 saturated carbocycles. The van der Waals surface area contributed by atoms with Crippen LogP contribution in [-0.2, 0) is 6.42 Å². The first-order valence-corrected chi connectivity index (χ1v) is 7.39. The van der Waals surface area contributed by atoms with Crippen molar-refractivity contribution in [2.45, 2.75) is 45.4 Å². The molecule has 19 heavy (non-hydrogen) atoms. The van der Waals surface area contributed by atoms with Crippen LogP contribution in [0.5, 0.6) is 0 Å². The molecule has 0 aromatic carbocycles. The fourth-order valence-electron chi connectivity index (χ4n) is 3.02. The highest BCUT2D eigenvalue weighted by molar-refractivity contribution is 5.51.